The number of oxime groups is 1. The van der Waals surface area contributed by atoms with Crippen LogP contribution >= 0.6 is 35.1 Å². The Labute approximate surface area is 263 Å². The SMILES string of the molecule is CCCCOC(=O)C(C)ON=C(C(=O)NC1C(=O)N2C(C(=O)O)=C(CSc3nnnn3CCCN)CS[C@@H]12)c1nsc(N)n1. The fourth-order valence-corrected chi connectivity index (χ4v) is 6.78. The zero-order chi connectivity index (χ0) is 31.8. The maximum absolute atomic E-state index is 13.3. The lowest BCUT2D eigenvalue weighted by molar-refractivity contribution is -0.156. The van der Waals surface area contributed by atoms with Crippen LogP contribution in [0.25, 0.3) is 0 Å². The highest BCUT2D eigenvalue weighted by Gasteiger charge is 2.54. The minimum absolute atomic E-state index is 0.0521. The number of fused-ring (bicyclic) bond motifs is 1. The number of aromatic nitrogens is 6. The van der Waals surface area contributed by atoms with Gasteiger partial charge in [0, 0.05) is 29.6 Å². The van der Waals surface area contributed by atoms with Crippen LogP contribution in [-0.2, 0) is 35.3 Å². The van der Waals surface area contributed by atoms with Gasteiger partial charge in [0.2, 0.25) is 22.8 Å². The maximum Gasteiger partial charge on any atom is 0.352 e. The van der Waals surface area contributed by atoms with Gasteiger partial charge >= 0.3 is 11.9 Å². The molecule has 1 saturated heterocycles. The Morgan fingerprint density at radius 3 is 2.80 bits per heavy atom. The number of nitrogens with two attached hydrogens (primary N) is 2. The number of amides is 2. The van der Waals surface area contributed by atoms with Crippen molar-refractivity contribution >= 4 is 69.7 Å². The quantitative estimate of drug-likeness (QED) is 0.0436. The Bertz CT molecular complexity index is 1450. The van der Waals surface area contributed by atoms with Crippen LogP contribution in [0.15, 0.2) is 21.6 Å². The molecule has 2 aromatic rings. The molecule has 0 saturated carbocycles. The van der Waals surface area contributed by atoms with Crippen molar-refractivity contribution in [1.82, 2.24) is 39.8 Å². The van der Waals surface area contributed by atoms with E-state index in [1.165, 1.54) is 30.4 Å². The van der Waals surface area contributed by atoms with Crippen LogP contribution in [0.5, 0.6) is 0 Å². The van der Waals surface area contributed by atoms with Crippen LogP contribution < -0.4 is 16.8 Å². The molecule has 2 aliphatic rings. The Balaban J connectivity index is 1.45. The van der Waals surface area contributed by atoms with E-state index in [0.717, 1.165) is 22.9 Å². The minimum atomic E-state index is -1.27. The summed E-state index contributed by atoms with van der Waals surface area (Å²) >= 11 is 3.35. The Morgan fingerprint density at radius 1 is 1.32 bits per heavy atom. The van der Waals surface area contributed by atoms with E-state index in [9.17, 15) is 24.3 Å². The van der Waals surface area contributed by atoms with Crippen molar-refractivity contribution in [2.45, 2.75) is 62.3 Å². The van der Waals surface area contributed by atoms with E-state index in [1.54, 1.807) is 4.68 Å². The van der Waals surface area contributed by atoms with Crippen LogP contribution in [0.4, 0.5) is 5.13 Å². The number of hydrogen-bond donors (Lipinski definition) is 4. The molecule has 2 amide bonds. The first-order valence-electron chi connectivity index (χ1n) is 13.5. The number of unbranched alkanes of at least 4 members (excludes halogenated alkanes) is 1. The zero-order valence-electron chi connectivity index (χ0n) is 23.7. The number of ether oxygens (including phenoxy) is 1. The summed E-state index contributed by atoms with van der Waals surface area (Å²) in [4.78, 5) is 61.3. The second kappa shape index (κ2) is 15.3. The highest BCUT2D eigenvalue weighted by molar-refractivity contribution is 8.01. The van der Waals surface area contributed by atoms with Crippen LogP contribution in [0, 0.1) is 0 Å². The number of esters is 1. The van der Waals surface area contributed by atoms with Gasteiger partial charge in [0.1, 0.15) is 17.1 Å². The number of aliphatic carboxylic acids is 1. The number of carbonyl (C=O) groups excluding carboxylic acids is 3. The highest BCUT2D eigenvalue weighted by atomic mass is 32.2. The molecule has 4 rings (SSSR count). The van der Waals surface area contributed by atoms with Crippen molar-refractivity contribution in [1.29, 1.82) is 0 Å². The lowest BCUT2D eigenvalue weighted by atomic mass is 10.0. The molecular weight excluding hydrogens is 639 g/mol. The Kier molecular flexibility index (Phi) is 11.5. The van der Waals surface area contributed by atoms with Crippen molar-refractivity contribution in [3.05, 3.63) is 17.1 Å². The van der Waals surface area contributed by atoms with E-state index in [1.807, 2.05) is 6.92 Å². The fourth-order valence-electron chi connectivity index (χ4n) is 3.96. The summed E-state index contributed by atoms with van der Waals surface area (Å²) in [5, 5.41) is 27.8. The van der Waals surface area contributed by atoms with Gasteiger partial charge in [-0.2, -0.15) is 9.36 Å². The molecule has 238 valence electrons. The molecule has 3 atom stereocenters. The van der Waals surface area contributed by atoms with Crippen LogP contribution in [-0.4, -0.2) is 111 Å². The second-order valence-electron chi connectivity index (χ2n) is 9.40. The summed E-state index contributed by atoms with van der Waals surface area (Å²) in [5.41, 5.74) is 11.2. The van der Waals surface area contributed by atoms with Crippen molar-refractivity contribution < 1.29 is 33.9 Å². The predicted octanol–water partition coefficient (Wildman–Crippen LogP) is -0.561. The first-order chi connectivity index (χ1) is 21.2. The summed E-state index contributed by atoms with van der Waals surface area (Å²) < 4.78 is 10.7. The molecule has 0 aromatic carbocycles. The zero-order valence-corrected chi connectivity index (χ0v) is 26.2. The number of nitrogens with one attached hydrogen (secondary N) is 1. The molecule has 6 N–H and O–H groups in total. The molecule has 0 aliphatic carbocycles. The molecule has 4 heterocycles. The Hall–Kier alpha value is -3.82. The van der Waals surface area contributed by atoms with Crippen molar-refractivity contribution in [2.75, 3.05) is 30.4 Å². The normalized spacial score (nSPS) is 18.8. The number of carboxylic acid groups (broad SMARTS) is 1. The van der Waals surface area contributed by atoms with Crippen molar-refractivity contribution in [2.24, 2.45) is 10.9 Å². The van der Waals surface area contributed by atoms with E-state index in [0.29, 0.717) is 36.7 Å². The van der Waals surface area contributed by atoms with Crippen LogP contribution in [0.2, 0.25) is 0 Å². The third-order valence-electron chi connectivity index (χ3n) is 6.23. The highest BCUT2D eigenvalue weighted by Crippen LogP contribution is 2.41. The number of anilines is 1. The molecule has 2 aliphatic heterocycles. The number of hydrogen-bond acceptors (Lipinski definition) is 17. The number of aryl methyl sites for hydroxylation is 1. The first-order valence-corrected chi connectivity index (χ1v) is 16.3. The molecule has 21 heteroatoms. The first kappa shape index (κ1) is 33.1. The summed E-state index contributed by atoms with van der Waals surface area (Å²) in [7, 11) is 0. The average molecular weight is 670 g/mol. The third kappa shape index (κ3) is 7.63. The van der Waals surface area contributed by atoms with Gasteiger partial charge in [-0.3, -0.25) is 14.5 Å². The molecule has 0 radical (unpaired) electrons. The summed E-state index contributed by atoms with van der Waals surface area (Å²) in [5.74, 6) is -3.10. The number of carboxylic acids is 1. The summed E-state index contributed by atoms with van der Waals surface area (Å²) in [6.45, 7) is 4.54. The van der Waals surface area contributed by atoms with Gasteiger partial charge in [-0.15, -0.1) is 16.9 Å². The van der Waals surface area contributed by atoms with Crippen LogP contribution in [0.1, 0.15) is 38.9 Å². The number of thioether (sulfide) groups is 2. The smallest absolute Gasteiger partial charge is 0.352 e. The predicted molar refractivity (Wildman–Crippen MR) is 159 cm³/mol. The van der Waals surface area contributed by atoms with E-state index < -0.39 is 47.0 Å². The molecule has 2 aromatic heterocycles. The van der Waals surface area contributed by atoms with Crippen molar-refractivity contribution in [3.63, 3.8) is 0 Å². The second-order valence-corrected chi connectivity index (χ2v) is 12.2. The number of rotatable bonds is 16. The summed E-state index contributed by atoms with van der Waals surface area (Å²) in [6.07, 6.45) is 1.03. The number of carbonyl (C=O) groups is 4. The lowest BCUT2D eigenvalue weighted by Crippen LogP contribution is -2.71. The Morgan fingerprint density at radius 2 is 2.11 bits per heavy atom. The van der Waals surface area contributed by atoms with Gasteiger partial charge in [-0.1, -0.05) is 30.3 Å². The number of nitrogen functional groups attached to an aromatic ring is 1. The molecule has 0 spiro atoms. The van der Waals surface area contributed by atoms with Gasteiger partial charge in [-0.25, -0.2) is 14.3 Å². The van der Waals surface area contributed by atoms with E-state index in [-0.39, 0.29) is 34.8 Å². The minimum Gasteiger partial charge on any atom is -0.477 e. The molecule has 44 heavy (non-hydrogen) atoms. The van der Waals surface area contributed by atoms with E-state index in [2.05, 4.69) is 35.4 Å². The largest absolute Gasteiger partial charge is 0.477 e. The van der Waals surface area contributed by atoms with Gasteiger partial charge in [0.05, 0.1) is 6.61 Å². The topological polar surface area (TPSA) is 256 Å². The summed E-state index contributed by atoms with van der Waals surface area (Å²) in [6, 6.07) is -1.07. The van der Waals surface area contributed by atoms with E-state index >= 15 is 0 Å². The third-order valence-corrected chi connectivity index (χ3v) is 9.16. The van der Waals surface area contributed by atoms with E-state index in [4.69, 9.17) is 21.0 Å². The maximum atomic E-state index is 13.3. The molecule has 18 nitrogen and oxygen atoms in total. The molecular formula is C23H31N11O7S3. The fraction of sp³-hybridized carbons (Fsp3) is 0.565. The van der Waals surface area contributed by atoms with Gasteiger partial charge in [-0.05, 0) is 42.3 Å². The molecule has 1 fully saturated rings. The van der Waals surface area contributed by atoms with Crippen molar-refractivity contribution in [3.8, 4) is 0 Å². The monoisotopic (exact) mass is 669 g/mol. The van der Waals surface area contributed by atoms with Gasteiger partial charge in [0.25, 0.3) is 11.8 Å². The standard InChI is InChI=1S/C23H31N11O7S3/c1-3-4-8-40-21(39)11(2)41-29-13(16-27-22(25)44-30-16)17(35)26-14-18(36)34-15(20(37)38)12(9-42-19(14)34)10-43-23-28-31-32-33(23)7-5-6-24/h11,14,19H,3-10,24H2,1-2H3,(H,26,35)(H,37,38)(H2,25,27,30)/t11?,14?,19-/m0/s1. The number of tetrazole rings is 1. The lowest BCUT2D eigenvalue weighted by Gasteiger charge is -2.49. The number of β-lactam (4-membered cyclic amide) rings is 1. The molecule has 2 unspecified atom stereocenters. The molecule has 0 bridgehead atoms. The van der Waals surface area contributed by atoms with Gasteiger partial charge < -0.3 is 31.5 Å². The van der Waals surface area contributed by atoms with Crippen LogP contribution in [0.3, 0.4) is 0 Å². The van der Waals surface area contributed by atoms with Gasteiger partial charge in [0.15, 0.2) is 5.13 Å². The average Bonchev–Trinajstić information content (AvgIpc) is 3.65. The number of nitrogens with zero attached hydrogens (tertiary/aromatic N) is 8.